The fraction of sp³-hybridized carbons (Fsp3) is 0.259. The van der Waals surface area contributed by atoms with E-state index >= 15 is 0 Å². The molecule has 7 rings (SSSR count). The quantitative estimate of drug-likeness (QED) is 0.103. The number of rotatable bonds is 14. The molecular weight excluding hydrogens is 677 g/mol. The zero-order chi connectivity index (χ0) is 39.1. The van der Waals surface area contributed by atoms with E-state index in [1.165, 1.54) is 92.9 Å². The van der Waals surface area contributed by atoms with Crippen LogP contribution in [-0.4, -0.2) is 0 Å². The summed E-state index contributed by atoms with van der Waals surface area (Å²) in [7, 11) is 0. The minimum Gasteiger partial charge on any atom is -0.324 e. The lowest BCUT2D eigenvalue weighted by molar-refractivity contribution is 0.659. The maximum Gasteiger partial charge on any atom is 0.107 e. The van der Waals surface area contributed by atoms with Crippen molar-refractivity contribution in [3.05, 3.63) is 208 Å². The fourth-order valence-electron chi connectivity index (χ4n) is 8.15. The summed E-state index contributed by atoms with van der Waals surface area (Å²) in [4.78, 5) is 4.97. The van der Waals surface area contributed by atoms with Gasteiger partial charge in [0.1, 0.15) is 5.54 Å². The van der Waals surface area contributed by atoms with Crippen LogP contribution >= 0.6 is 0 Å². The highest BCUT2D eigenvalue weighted by atomic mass is 15.2. The zero-order valence-corrected chi connectivity index (χ0v) is 34.3. The number of hydrogen-bond donors (Lipinski definition) is 0. The summed E-state index contributed by atoms with van der Waals surface area (Å²) in [5, 5.41) is 0. The van der Waals surface area contributed by atoms with Crippen LogP contribution in [0.4, 0.5) is 28.4 Å². The molecule has 0 atom stereocenters. The molecule has 0 bridgehead atoms. The van der Waals surface area contributed by atoms with Crippen molar-refractivity contribution in [2.45, 2.75) is 91.5 Å². The zero-order valence-electron chi connectivity index (χ0n) is 34.3. The molecule has 0 saturated heterocycles. The minimum atomic E-state index is -0.524. The van der Waals surface area contributed by atoms with Gasteiger partial charge in [-0.2, -0.15) is 0 Å². The van der Waals surface area contributed by atoms with Crippen LogP contribution in [0.5, 0.6) is 0 Å². The molecule has 0 amide bonds. The number of unbranched alkanes of at least 4 members (excludes halogenated alkanes) is 2. The molecule has 6 aromatic rings. The van der Waals surface area contributed by atoms with Gasteiger partial charge in [0.05, 0.1) is 0 Å². The Hall–Kier alpha value is -5.60. The lowest BCUT2D eigenvalue weighted by atomic mass is 9.79. The summed E-state index contributed by atoms with van der Waals surface area (Å²) in [5.74, 6) is 0.143. The average molecular weight is 735 g/mol. The molecule has 1 aliphatic carbocycles. The summed E-state index contributed by atoms with van der Waals surface area (Å²) in [6.07, 6.45) is 16.8. The first-order valence-corrected chi connectivity index (χ1v) is 20.8. The van der Waals surface area contributed by atoms with Gasteiger partial charge >= 0.3 is 0 Å². The third-order valence-corrected chi connectivity index (χ3v) is 11.5. The fourth-order valence-corrected chi connectivity index (χ4v) is 8.15. The lowest BCUT2D eigenvalue weighted by Gasteiger charge is -2.45. The molecule has 0 radical (unpaired) electrons. The van der Waals surface area contributed by atoms with Gasteiger partial charge in [-0.1, -0.05) is 142 Å². The minimum absolute atomic E-state index is 0.143. The second-order valence-corrected chi connectivity index (χ2v) is 15.8. The van der Waals surface area contributed by atoms with Gasteiger partial charge in [-0.05, 0) is 146 Å². The second-order valence-electron chi connectivity index (χ2n) is 15.8. The summed E-state index contributed by atoms with van der Waals surface area (Å²) in [5.41, 5.74) is 15.8. The van der Waals surface area contributed by atoms with Crippen molar-refractivity contribution in [1.29, 1.82) is 0 Å². The van der Waals surface area contributed by atoms with Crippen LogP contribution in [0.3, 0.4) is 0 Å². The van der Waals surface area contributed by atoms with Crippen LogP contribution < -0.4 is 9.80 Å². The first-order chi connectivity index (χ1) is 27.3. The molecule has 0 saturated carbocycles. The molecule has 0 N–H and O–H groups in total. The van der Waals surface area contributed by atoms with E-state index in [2.05, 4.69) is 215 Å². The predicted molar refractivity (Wildman–Crippen MR) is 241 cm³/mol. The van der Waals surface area contributed by atoms with Crippen molar-refractivity contribution >= 4 is 28.4 Å². The van der Waals surface area contributed by atoms with E-state index in [0.717, 1.165) is 18.5 Å². The number of anilines is 5. The van der Waals surface area contributed by atoms with Crippen molar-refractivity contribution < 1.29 is 0 Å². The Morgan fingerprint density at radius 2 is 0.982 bits per heavy atom. The summed E-state index contributed by atoms with van der Waals surface area (Å²) in [6, 6.07) is 52.3. The highest BCUT2D eigenvalue weighted by Crippen LogP contribution is 2.47. The molecule has 6 aromatic carbocycles. The molecule has 284 valence electrons. The van der Waals surface area contributed by atoms with E-state index in [4.69, 9.17) is 0 Å². The van der Waals surface area contributed by atoms with E-state index in [1.807, 2.05) is 0 Å². The number of nitrogens with zero attached hydrogens (tertiary/aromatic N) is 2. The van der Waals surface area contributed by atoms with Crippen molar-refractivity contribution in [1.82, 2.24) is 0 Å². The smallest absolute Gasteiger partial charge is 0.107 e. The molecule has 0 unspecified atom stereocenters. The van der Waals surface area contributed by atoms with Gasteiger partial charge in [-0.25, -0.2) is 0 Å². The Labute approximate surface area is 336 Å². The Kier molecular flexibility index (Phi) is 12.1. The third-order valence-electron chi connectivity index (χ3n) is 11.5. The Balaban J connectivity index is 1.26. The van der Waals surface area contributed by atoms with Crippen LogP contribution in [0.2, 0.25) is 0 Å². The Morgan fingerprint density at radius 3 is 1.52 bits per heavy atom. The first kappa shape index (κ1) is 38.7. The van der Waals surface area contributed by atoms with Crippen LogP contribution in [-0.2, 0) is 18.4 Å². The molecule has 2 nitrogen and oxygen atoms in total. The number of benzene rings is 6. The Morgan fingerprint density at radius 1 is 0.500 bits per heavy atom. The molecule has 2 heteroatoms. The number of aryl methyl sites for hydroxylation is 6. The normalized spacial score (nSPS) is 16.2. The maximum absolute atomic E-state index is 2.55. The molecule has 0 aliphatic heterocycles. The van der Waals surface area contributed by atoms with Gasteiger partial charge < -0.3 is 9.80 Å². The van der Waals surface area contributed by atoms with Gasteiger partial charge in [-0.15, -0.1) is 0 Å². The van der Waals surface area contributed by atoms with Gasteiger partial charge in [0.2, 0.25) is 0 Å². The summed E-state index contributed by atoms with van der Waals surface area (Å²) in [6.45, 7) is 13.3. The largest absolute Gasteiger partial charge is 0.324 e. The SMILES string of the molecule is CCCCc1ccc(N(c2ccc(C3C=CC(c4ccccc4)(N(c4ccc(CCCC)cc4)c4cc(C)ccc4C)C=C3)cc2)c2cc(C)ccc2C)cc1. The van der Waals surface area contributed by atoms with Gasteiger partial charge in [0.15, 0.2) is 0 Å². The van der Waals surface area contributed by atoms with Crippen LogP contribution in [0.1, 0.15) is 90.0 Å². The van der Waals surface area contributed by atoms with E-state index in [-0.39, 0.29) is 5.92 Å². The topological polar surface area (TPSA) is 6.48 Å². The van der Waals surface area contributed by atoms with Crippen LogP contribution in [0.15, 0.2) is 164 Å². The van der Waals surface area contributed by atoms with E-state index in [9.17, 15) is 0 Å². The van der Waals surface area contributed by atoms with Crippen molar-refractivity contribution in [3.63, 3.8) is 0 Å². The molecular formula is C54H58N2. The number of allylic oxidation sites excluding steroid dienone is 2. The van der Waals surface area contributed by atoms with Crippen molar-refractivity contribution in [3.8, 4) is 0 Å². The Bertz CT molecular complexity index is 2250. The summed E-state index contributed by atoms with van der Waals surface area (Å²) < 4.78 is 0. The van der Waals surface area contributed by atoms with E-state index < -0.39 is 5.54 Å². The molecule has 56 heavy (non-hydrogen) atoms. The van der Waals surface area contributed by atoms with E-state index in [1.54, 1.807) is 0 Å². The molecule has 0 aromatic heterocycles. The molecule has 1 aliphatic rings. The summed E-state index contributed by atoms with van der Waals surface area (Å²) >= 11 is 0. The van der Waals surface area contributed by atoms with Gasteiger partial charge in [-0.3, -0.25) is 0 Å². The highest BCUT2D eigenvalue weighted by Gasteiger charge is 2.38. The van der Waals surface area contributed by atoms with Crippen molar-refractivity contribution in [2.75, 3.05) is 9.80 Å². The maximum atomic E-state index is 2.55. The van der Waals surface area contributed by atoms with Crippen LogP contribution in [0, 0.1) is 27.7 Å². The van der Waals surface area contributed by atoms with Gasteiger partial charge in [0, 0.05) is 34.4 Å². The van der Waals surface area contributed by atoms with Crippen LogP contribution in [0.25, 0.3) is 0 Å². The monoisotopic (exact) mass is 734 g/mol. The highest BCUT2D eigenvalue weighted by molar-refractivity contribution is 5.79. The third kappa shape index (κ3) is 8.31. The molecule has 0 spiro atoms. The van der Waals surface area contributed by atoms with Gasteiger partial charge in [0.25, 0.3) is 0 Å². The first-order valence-electron chi connectivity index (χ1n) is 20.8. The lowest BCUT2D eigenvalue weighted by Crippen LogP contribution is -2.42. The standard InChI is InChI=1S/C54H58N2/c1-7-9-14-44-22-28-49(29-23-44)55(52-38-40(3)18-20-42(52)5)50-32-26-46(27-33-50)47-34-36-54(37-35-47,48-16-12-11-13-17-48)56(53-39-41(4)19-21-43(53)6)51-30-24-45(25-31-51)15-10-8-2/h11-13,16-39,47H,7-10,14-15H2,1-6H3. The van der Waals surface area contributed by atoms with Crippen molar-refractivity contribution in [2.24, 2.45) is 0 Å². The predicted octanol–water partition coefficient (Wildman–Crippen LogP) is 15.0. The molecule has 0 fully saturated rings. The number of hydrogen-bond acceptors (Lipinski definition) is 2. The average Bonchev–Trinajstić information content (AvgIpc) is 3.23. The van der Waals surface area contributed by atoms with E-state index in [0.29, 0.717) is 0 Å². The molecule has 0 heterocycles. The second kappa shape index (κ2) is 17.5.